The van der Waals surface area contributed by atoms with E-state index >= 15 is 0 Å². The van der Waals surface area contributed by atoms with E-state index in [9.17, 15) is 10.1 Å². The van der Waals surface area contributed by atoms with E-state index in [2.05, 4.69) is 5.32 Å². The fourth-order valence-electron chi connectivity index (χ4n) is 2.97. The summed E-state index contributed by atoms with van der Waals surface area (Å²) in [4.78, 5) is 12.4. The molecule has 0 radical (unpaired) electrons. The van der Waals surface area contributed by atoms with Crippen molar-refractivity contribution in [3.8, 4) is 28.8 Å². The van der Waals surface area contributed by atoms with Crippen molar-refractivity contribution in [2.75, 3.05) is 7.11 Å². The summed E-state index contributed by atoms with van der Waals surface area (Å²) >= 11 is 0. The van der Waals surface area contributed by atoms with E-state index in [1.807, 2.05) is 66.9 Å². The maximum absolute atomic E-state index is 12.4. The van der Waals surface area contributed by atoms with Gasteiger partial charge in [0.1, 0.15) is 17.4 Å². The van der Waals surface area contributed by atoms with Crippen molar-refractivity contribution in [3.05, 3.63) is 71.9 Å². The van der Waals surface area contributed by atoms with Gasteiger partial charge >= 0.3 is 0 Å². The average molecular weight is 384 g/mol. The first-order valence-corrected chi connectivity index (χ1v) is 9.40. The topological polar surface area (TPSA) is 79.9 Å². The van der Waals surface area contributed by atoms with Crippen LogP contribution in [0.5, 0.6) is 5.75 Å². The summed E-state index contributed by atoms with van der Waals surface area (Å²) in [5, 5.41) is 17.1. The zero-order valence-corrected chi connectivity index (χ0v) is 16.0. The molecule has 6 nitrogen and oxygen atoms in total. The molecule has 1 amide bonds. The van der Waals surface area contributed by atoms with Gasteiger partial charge in [-0.1, -0.05) is 18.2 Å². The van der Waals surface area contributed by atoms with Crippen LogP contribution in [0.15, 0.2) is 66.4 Å². The molecule has 1 aromatic heterocycles. The van der Waals surface area contributed by atoms with Gasteiger partial charge in [-0.2, -0.15) is 10.4 Å². The lowest BCUT2D eigenvalue weighted by Crippen LogP contribution is -2.26. The number of hydrogen-bond donors (Lipinski definition) is 1. The molecule has 3 aromatic rings. The van der Waals surface area contributed by atoms with Crippen molar-refractivity contribution >= 4 is 12.0 Å². The summed E-state index contributed by atoms with van der Waals surface area (Å²) in [6, 6.07) is 19.4. The van der Waals surface area contributed by atoms with E-state index in [-0.39, 0.29) is 17.5 Å². The summed E-state index contributed by atoms with van der Waals surface area (Å²) in [6.45, 7) is 0. The van der Waals surface area contributed by atoms with Crippen LogP contribution < -0.4 is 10.1 Å². The van der Waals surface area contributed by atoms with Gasteiger partial charge in [0.2, 0.25) is 0 Å². The summed E-state index contributed by atoms with van der Waals surface area (Å²) in [5.41, 5.74) is 3.21. The molecule has 1 aliphatic rings. The first kappa shape index (κ1) is 18.5. The molecular weight excluding hydrogens is 364 g/mol. The number of amides is 1. The zero-order chi connectivity index (χ0) is 20.2. The maximum atomic E-state index is 12.4. The SMILES string of the molecule is COc1ccc(-c2nn(-c3ccccc3)cc2/C=C(\C#N)C(=O)NC2CC2)cc1. The third-order valence-electron chi connectivity index (χ3n) is 4.70. The molecule has 0 saturated heterocycles. The Bertz CT molecular complexity index is 1090. The number of para-hydroxylation sites is 1. The molecule has 0 atom stereocenters. The number of aromatic nitrogens is 2. The first-order valence-electron chi connectivity index (χ1n) is 9.40. The zero-order valence-electron chi connectivity index (χ0n) is 16.0. The van der Waals surface area contributed by atoms with Crippen molar-refractivity contribution in [1.82, 2.24) is 15.1 Å². The predicted molar refractivity (Wildman–Crippen MR) is 110 cm³/mol. The van der Waals surface area contributed by atoms with E-state index in [0.29, 0.717) is 11.3 Å². The number of nitriles is 1. The molecule has 1 fully saturated rings. The molecule has 1 saturated carbocycles. The van der Waals surface area contributed by atoms with Gasteiger partial charge in [0.15, 0.2) is 0 Å². The second-order valence-corrected chi connectivity index (χ2v) is 6.86. The van der Waals surface area contributed by atoms with E-state index in [1.165, 1.54) is 0 Å². The molecule has 0 bridgehead atoms. The molecule has 144 valence electrons. The second-order valence-electron chi connectivity index (χ2n) is 6.86. The van der Waals surface area contributed by atoms with Crippen LogP contribution in [0.4, 0.5) is 0 Å². The van der Waals surface area contributed by atoms with Crippen LogP contribution in [0.3, 0.4) is 0 Å². The number of ether oxygens (including phenoxy) is 1. The van der Waals surface area contributed by atoms with Crippen LogP contribution in [-0.4, -0.2) is 28.8 Å². The van der Waals surface area contributed by atoms with Crippen LogP contribution >= 0.6 is 0 Å². The predicted octanol–water partition coefficient (Wildman–Crippen LogP) is 3.73. The molecule has 0 spiro atoms. The number of nitrogens with zero attached hydrogens (tertiary/aromatic N) is 3. The van der Waals surface area contributed by atoms with Gasteiger partial charge in [-0.05, 0) is 55.3 Å². The molecule has 0 unspecified atom stereocenters. The average Bonchev–Trinajstić information content (AvgIpc) is 3.48. The van der Waals surface area contributed by atoms with Gasteiger partial charge in [-0.15, -0.1) is 0 Å². The fourth-order valence-corrected chi connectivity index (χ4v) is 2.97. The second kappa shape index (κ2) is 8.03. The number of methoxy groups -OCH3 is 1. The third-order valence-corrected chi connectivity index (χ3v) is 4.70. The van der Waals surface area contributed by atoms with Gasteiger partial charge in [0, 0.05) is 23.4 Å². The van der Waals surface area contributed by atoms with E-state index < -0.39 is 0 Å². The Balaban J connectivity index is 1.77. The number of rotatable bonds is 6. The number of nitrogens with one attached hydrogen (secondary N) is 1. The highest BCUT2D eigenvalue weighted by Crippen LogP contribution is 2.28. The fraction of sp³-hybridized carbons (Fsp3) is 0.174. The molecule has 1 aliphatic carbocycles. The van der Waals surface area contributed by atoms with E-state index in [1.54, 1.807) is 17.9 Å². The maximum Gasteiger partial charge on any atom is 0.262 e. The number of hydrogen-bond acceptors (Lipinski definition) is 4. The summed E-state index contributed by atoms with van der Waals surface area (Å²) in [7, 11) is 1.62. The molecular formula is C23H20N4O2. The molecule has 1 heterocycles. The van der Waals surface area contributed by atoms with Crippen molar-refractivity contribution in [3.63, 3.8) is 0 Å². The summed E-state index contributed by atoms with van der Waals surface area (Å²) < 4.78 is 6.98. The minimum Gasteiger partial charge on any atom is -0.497 e. The standard InChI is InChI=1S/C23H20N4O2/c1-29-21-11-7-16(8-12-21)22-18(13-17(14-24)23(28)25-19-9-10-19)15-27(26-22)20-5-3-2-4-6-20/h2-8,11-13,15,19H,9-10H2,1H3,(H,25,28)/b17-13+. The highest BCUT2D eigenvalue weighted by Gasteiger charge is 2.25. The van der Waals surface area contributed by atoms with E-state index in [4.69, 9.17) is 9.84 Å². The third kappa shape index (κ3) is 4.19. The highest BCUT2D eigenvalue weighted by molar-refractivity contribution is 6.02. The van der Waals surface area contributed by atoms with Gasteiger partial charge in [-0.25, -0.2) is 4.68 Å². The Morgan fingerprint density at radius 1 is 1.21 bits per heavy atom. The minimum atomic E-state index is -0.344. The summed E-state index contributed by atoms with van der Waals surface area (Å²) in [5.74, 6) is 0.401. The van der Waals surface area contributed by atoms with Crippen molar-refractivity contribution in [2.24, 2.45) is 0 Å². The number of benzene rings is 2. The van der Waals surface area contributed by atoms with Crippen LogP contribution in [0.2, 0.25) is 0 Å². The van der Waals surface area contributed by atoms with Gasteiger partial charge in [-0.3, -0.25) is 4.79 Å². The van der Waals surface area contributed by atoms with Crippen LogP contribution in [0.25, 0.3) is 23.0 Å². The van der Waals surface area contributed by atoms with Crippen LogP contribution in [-0.2, 0) is 4.79 Å². The lowest BCUT2D eigenvalue weighted by molar-refractivity contribution is -0.117. The molecule has 29 heavy (non-hydrogen) atoms. The Hall–Kier alpha value is -3.85. The van der Waals surface area contributed by atoms with Crippen LogP contribution in [0.1, 0.15) is 18.4 Å². The Labute approximate surface area is 169 Å². The van der Waals surface area contributed by atoms with Crippen LogP contribution in [0, 0.1) is 11.3 Å². The normalized spacial score (nSPS) is 13.6. The van der Waals surface area contributed by atoms with Crippen molar-refractivity contribution in [2.45, 2.75) is 18.9 Å². The van der Waals surface area contributed by atoms with Gasteiger partial charge < -0.3 is 10.1 Å². The van der Waals surface area contributed by atoms with Gasteiger partial charge in [0.25, 0.3) is 5.91 Å². The lowest BCUT2D eigenvalue weighted by Gasteiger charge is -2.03. The Kier molecular flexibility index (Phi) is 5.12. The Morgan fingerprint density at radius 3 is 2.55 bits per heavy atom. The van der Waals surface area contributed by atoms with Crippen molar-refractivity contribution < 1.29 is 9.53 Å². The quantitative estimate of drug-likeness (QED) is 0.519. The largest absolute Gasteiger partial charge is 0.497 e. The van der Waals surface area contributed by atoms with Gasteiger partial charge in [0.05, 0.1) is 18.5 Å². The molecule has 6 heteroatoms. The highest BCUT2D eigenvalue weighted by atomic mass is 16.5. The number of carbonyl (C=O) groups excluding carboxylic acids is 1. The molecule has 2 aromatic carbocycles. The first-order chi connectivity index (χ1) is 14.2. The smallest absolute Gasteiger partial charge is 0.262 e. The van der Waals surface area contributed by atoms with E-state index in [0.717, 1.165) is 29.8 Å². The molecule has 0 aliphatic heterocycles. The summed E-state index contributed by atoms with van der Waals surface area (Å²) in [6.07, 6.45) is 5.36. The Morgan fingerprint density at radius 2 is 1.93 bits per heavy atom. The monoisotopic (exact) mass is 384 g/mol. The molecule has 1 N–H and O–H groups in total. The molecule has 4 rings (SSSR count). The van der Waals surface area contributed by atoms with Crippen molar-refractivity contribution in [1.29, 1.82) is 5.26 Å². The lowest BCUT2D eigenvalue weighted by atomic mass is 10.1. The minimum absolute atomic E-state index is 0.0688. The number of carbonyl (C=O) groups is 1.